The number of nitrogens with two attached hydrogens (primary N) is 1. The molecule has 2 atom stereocenters. The van der Waals surface area contributed by atoms with Gasteiger partial charge in [-0.15, -0.1) is 11.8 Å². The number of hydrogen-bond acceptors (Lipinski definition) is 3. The van der Waals surface area contributed by atoms with Crippen molar-refractivity contribution in [3.05, 3.63) is 29.8 Å². The minimum atomic E-state index is 0.370. The lowest BCUT2D eigenvalue weighted by molar-refractivity contribution is 0.723. The minimum absolute atomic E-state index is 0.370. The number of fused-ring (bicyclic) bond motifs is 1. The van der Waals surface area contributed by atoms with Crippen molar-refractivity contribution >= 4 is 23.5 Å². The molecule has 88 valence electrons. The fraction of sp³-hybridized carbons (Fsp3) is 0.538. The Hall–Kier alpha value is -0.120. The van der Waals surface area contributed by atoms with Gasteiger partial charge in [0.2, 0.25) is 0 Å². The maximum atomic E-state index is 5.93. The second kappa shape index (κ2) is 5.99. The topological polar surface area (TPSA) is 26.0 Å². The SMILES string of the molecule is CCC(N)CSCC1CSc2ccccc21. The van der Waals surface area contributed by atoms with Gasteiger partial charge in [-0.3, -0.25) is 0 Å². The van der Waals surface area contributed by atoms with Crippen LogP contribution in [0.5, 0.6) is 0 Å². The highest BCUT2D eigenvalue weighted by Crippen LogP contribution is 2.40. The third-order valence-electron chi connectivity index (χ3n) is 2.97. The molecule has 0 aliphatic carbocycles. The lowest BCUT2D eigenvalue weighted by Crippen LogP contribution is -2.21. The molecule has 0 fully saturated rings. The molecule has 2 unspecified atom stereocenters. The second-order valence-electron chi connectivity index (χ2n) is 4.25. The van der Waals surface area contributed by atoms with E-state index in [2.05, 4.69) is 31.2 Å². The summed E-state index contributed by atoms with van der Waals surface area (Å²) in [4.78, 5) is 1.48. The third-order valence-corrected chi connectivity index (χ3v) is 5.53. The lowest BCUT2D eigenvalue weighted by Gasteiger charge is -2.12. The maximum Gasteiger partial charge on any atom is 0.0127 e. The highest BCUT2D eigenvalue weighted by Gasteiger charge is 2.22. The van der Waals surface area contributed by atoms with Gasteiger partial charge in [-0.2, -0.15) is 11.8 Å². The summed E-state index contributed by atoms with van der Waals surface area (Å²) in [6, 6.07) is 9.17. The van der Waals surface area contributed by atoms with Crippen molar-refractivity contribution in [2.75, 3.05) is 17.3 Å². The predicted octanol–water partition coefficient (Wildman–Crippen LogP) is 3.35. The molecule has 0 aromatic heterocycles. The molecule has 1 aliphatic heterocycles. The summed E-state index contributed by atoms with van der Waals surface area (Å²) in [5.41, 5.74) is 7.47. The van der Waals surface area contributed by atoms with E-state index in [9.17, 15) is 0 Å². The van der Waals surface area contributed by atoms with Gasteiger partial charge in [0.15, 0.2) is 0 Å². The standard InChI is InChI=1S/C13H19NS2/c1-2-11(14)9-15-7-10-8-16-13-6-4-3-5-12(10)13/h3-6,10-11H,2,7-9,14H2,1H3. The molecule has 1 aromatic carbocycles. The van der Waals surface area contributed by atoms with Crippen molar-refractivity contribution in [3.63, 3.8) is 0 Å². The fourth-order valence-corrected chi connectivity index (χ4v) is 4.51. The number of benzene rings is 1. The van der Waals surface area contributed by atoms with Gasteiger partial charge in [0, 0.05) is 34.1 Å². The summed E-state index contributed by atoms with van der Waals surface area (Å²) in [5.74, 6) is 4.29. The molecule has 16 heavy (non-hydrogen) atoms. The van der Waals surface area contributed by atoms with E-state index in [4.69, 9.17) is 5.73 Å². The van der Waals surface area contributed by atoms with E-state index >= 15 is 0 Å². The lowest BCUT2D eigenvalue weighted by atomic mass is 10.0. The summed E-state index contributed by atoms with van der Waals surface area (Å²) in [6.45, 7) is 2.16. The summed E-state index contributed by atoms with van der Waals surface area (Å²) >= 11 is 4.00. The van der Waals surface area contributed by atoms with Crippen LogP contribution in [0.1, 0.15) is 24.8 Å². The Morgan fingerprint density at radius 3 is 3.12 bits per heavy atom. The molecule has 3 heteroatoms. The molecule has 1 aromatic rings. The van der Waals surface area contributed by atoms with E-state index < -0.39 is 0 Å². The normalized spacial score (nSPS) is 20.8. The van der Waals surface area contributed by atoms with E-state index in [1.807, 2.05) is 23.5 Å². The van der Waals surface area contributed by atoms with Crippen molar-refractivity contribution in [1.29, 1.82) is 0 Å². The highest BCUT2D eigenvalue weighted by atomic mass is 32.2. The Kier molecular flexibility index (Phi) is 4.62. The summed E-state index contributed by atoms with van der Waals surface area (Å²) < 4.78 is 0. The van der Waals surface area contributed by atoms with Gasteiger partial charge in [0.05, 0.1) is 0 Å². The van der Waals surface area contributed by atoms with Crippen LogP contribution in [0.4, 0.5) is 0 Å². The number of hydrogen-bond donors (Lipinski definition) is 1. The van der Waals surface area contributed by atoms with Crippen LogP contribution in [0.2, 0.25) is 0 Å². The number of rotatable bonds is 5. The van der Waals surface area contributed by atoms with Crippen LogP contribution in [0.15, 0.2) is 29.2 Å². The van der Waals surface area contributed by atoms with Crippen LogP contribution in [-0.4, -0.2) is 23.3 Å². The average molecular weight is 253 g/mol. The van der Waals surface area contributed by atoms with Gasteiger partial charge in [0.1, 0.15) is 0 Å². The molecule has 0 saturated carbocycles. The van der Waals surface area contributed by atoms with Crippen LogP contribution in [0, 0.1) is 0 Å². The Labute approximate surface area is 107 Å². The van der Waals surface area contributed by atoms with Crippen molar-refractivity contribution in [1.82, 2.24) is 0 Å². The molecule has 0 bridgehead atoms. The van der Waals surface area contributed by atoms with E-state index in [1.165, 1.54) is 16.4 Å². The molecule has 0 amide bonds. The van der Waals surface area contributed by atoms with Crippen LogP contribution in [-0.2, 0) is 0 Å². The van der Waals surface area contributed by atoms with Gasteiger partial charge in [-0.1, -0.05) is 25.1 Å². The third kappa shape index (κ3) is 2.96. The van der Waals surface area contributed by atoms with E-state index in [1.54, 1.807) is 5.56 Å². The minimum Gasteiger partial charge on any atom is -0.327 e. The molecule has 0 radical (unpaired) electrons. The van der Waals surface area contributed by atoms with Crippen LogP contribution >= 0.6 is 23.5 Å². The van der Waals surface area contributed by atoms with Gasteiger partial charge in [0.25, 0.3) is 0 Å². The first-order valence-corrected chi connectivity index (χ1v) is 8.00. The van der Waals surface area contributed by atoms with Crippen LogP contribution in [0.25, 0.3) is 0 Å². The largest absolute Gasteiger partial charge is 0.327 e. The Bertz CT molecular complexity index is 340. The van der Waals surface area contributed by atoms with Gasteiger partial charge >= 0.3 is 0 Å². The molecule has 1 heterocycles. The Morgan fingerprint density at radius 1 is 1.50 bits per heavy atom. The maximum absolute atomic E-state index is 5.93. The van der Waals surface area contributed by atoms with Gasteiger partial charge in [-0.05, 0) is 18.1 Å². The van der Waals surface area contributed by atoms with Crippen molar-refractivity contribution < 1.29 is 0 Å². The van der Waals surface area contributed by atoms with Crippen molar-refractivity contribution in [2.45, 2.75) is 30.2 Å². The smallest absolute Gasteiger partial charge is 0.0127 e. The summed E-state index contributed by atoms with van der Waals surface area (Å²) in [5, 5.41) is 0. The first-order chi connectivity index (χ1) is 7.81. The van der Waals surface area contributed by atoms with Gasteiger partial charge < -0.3 is 5.73 Å². The Balaban J connectivity index is 1.84. The number of thioether (sulfide) groups is 2. The second-order valence-corrected chi connectivity index (χ2v) is 6.39. The quantitative estimate of drug-likeness (QED) is 0.871. The first-order valence-electron chi connectivity index (χ1n) is 5.86. The van der Waals surface area contributed by atoms with E-state index in [-0.39, 0.29) is 0 Å². The molecule has 0 spiro atoms. The van der Waals surface area contributed by atoms with Gasteiger partial charge in [-0.25, -0.2) is 0 Å². The van der Waals surface area contributed by atoms with Crippen molar-refractivity contribution in [3.8, 4) is 0 Å². The van der Waals surface area contributed by atoms with Crippen LogP contribution in [0.3, 0.4) is 0 Å². The molecule has 2 N–H and O–H groups in total. The average Bonchev–Trinajstić information content (AvgIpc) is 2.73. The molecule has 1 nitrogen and oxygen atoms in total. The molecule has 1 aliphatic rings. The molecular weight excluding hydrogens is 234 g/mol. The van der Waals surface area contributed by atoms with Crippen molar-refractivity contribution in [2.24, 2.45) is 5.73 Å². The fourth-order valence-electron chi connectivity index (χ4n) is 1.85. The van der Waals surface area contributed by atoms with E-state index in [0.29, 0.717) is 6.04 Å². The highest BCUT2D eigenvalue weighted by molar-refractivity contribution is 8.00. The monoisotopic (exact) mass is 253 g/mol. The zero-order chi connectivity index (χ0) is 11.4. The Morgan fingerprint density at radius 2 is 2.31 bits per heavy atom. The molecule has 0 saturated heterocycles. The summed E-state index contributed by atoms with van der Waals surface area (Å²) in [7, 11) is 0. The zero-order valence-electron chi connectivity index (χ0n) is 9.69. The van der Waals surface area contributed by atoms with E-state index in [0.717, 1.165) is 18.1 Å². The van der Waals surface area contributed by atoms with Crippen LogP contribution < -0.4 is 5.73 Å². The molecule has 2 rings (SSSR count). The summed E-state index contributed by atoms with van der Waals surface area (Å²) in [6.07, 6.45) is 1.09. The zero-order valence-corrected chi connectivity index (χ0v) is 11.3. The predicted molar refractivity (Wildman–Crippen MR) is 75.5 cm³/mol. The molecular formula is C13H19NS2. The first kappa shape index (κ1) is 12.3.